The van der Waals surface area contributed by atoms with Crippen molar-refractivity contribution < 1.29 is 0 Å². The summed E-state index contributed by atoms with van der Waals surface area (Å²) in [6, 6.07) is 1.97. The number of hydrogen-bond acceptors (Lipinski definition) is 6. The maximum atomic E-state index is 5.87. The molecule has 16 heavy (non-hydrogen) atoms. The monoisotopic (exact) mass is 271 g/mol. The molecular weight excluding hydrogens is 258 g/mol. The van der Waals surface area contributed by atoms with E-state index in [9.17, 15) is 0 Å². The predicted molar refractivity (Wildman–Crippen MR) is 75.6 cm³/mol. The van der Waals surface area contributed by atoms with E-state index in [1.807, 2.05) is 23.2 Å². The standard InChI is InChI=1S/C10H13N3S3/c1-14-4-2-5-16-10-12-8(11)7-3-6-15-9(7)13-10/h3,6H,2,4-5H2,1H3,(H2,11,12,13). The van der Waals surface area contributed by atoms with Crippen LogP contribution in [-0.4, -0.2) is 27.7 Å². The molecule has 2 N–H and O–H groups in total. The smallest absolute Gasteiger partial charge is 0.190 e. The van der Waals surface area contributed by atoms with Gasteiger partial charge >= 0.3 is 0 Å². The molecule has 0 aliphatic rings. The van der Waals surface area contributed by atoms with Crippen molar-refractivity contribution in [3.63, 3.8) is 0 Å². The van der Waals surface area contributed by atoms with Crippen molar-refractivity contribution in [1.29, 1.82) is 0 Å². The van der Waals surface area contributed by atoms with Crippen LogP contribution in [0.2, 0.25) is 0 Å². The summed E-state index contributed by atoms with van der Waals surface area (Å²) >= 11 is 5.16. The van der Waals surface area contributed by atoms with Crippen molar-refractivity contribution in [2.75, 3.05) is 23.5 Å². The Morgan fingerprint density at radius 3 is 3.06 bits per heavy atom. The van der Waals surface area contributed by atoms with Crippen LogP contribution in [0.15, 0.2) is 16.6 Å². The first-order chi connectivity index (χ1) is 7.81. The van der Waals surface area contributed by atoms with Gasteiger partial charge in [0.1, 0.15) is 10.6 Å². The second-order valence-electron chi connectivity index (χ2n) is 3.23. The van der Waals surface area contributed by atoms with Crippen LogP contribution >= 0.6 is 34.9 Å². The third kappa shape index (κ3) is 2.81. The molecule has 2 heterocycles. The minimum absolute atomic E-state index is 0.596. The first-order valence-corrected chi connectivity index (χ1v) is 8.19. The number of nitrogen functional groups attached to an aromatic ring is 1. The van der Waals surface area contributed by atoms with Gasteiger partial charge < -0.3 is 5.73 Å². The molecule has 2 rings (SSSR count). The molecule has 0 saturated heterocycles. The zero-order chi connectivity index (χ0) is 11.4. The van der Waals surface area contributed by atoms with Crippen LogP contribution < -0.4 is 5.73 Å². The number of nitrogens with zero attached hydrogens (tertiary/aromatic N) is 2. The van der Waals surface area contributed by atoms with Crippen molar-refractivity contribution in [3.8, 4) is 0 Å². The zero-order valence-electron chi connectivity index (χ0n) is 8.97. The third-order valence-electron chi connectivity index (χ3n) is 2.06. The summed E-state index contributed by atoms with van der Waals surface area (Å²) in [5.74, 6) is 2.83. The van der Waals surface area contributed by atoms with Gasteiger partial charge in [-0.15, -0.1) is 11.3 Å². The lowest BCUT2D eigenvalue weighted by atomic mass is 10.4. The van der Waals surface area contributed by atoms with Gasteiger partial charge in [0.2, 0.25) is 0 Å². The van der Waals surface area contributed by atoms with Crippen molar-refractivity contribution in [2.24, 2.45) is 0 Å². The van der Waals surface area contributed by atoms with Crippen LogP contribution in [0.3, 0.4) is 0 Å². The highest BCUT2D eigenvalue weighted by molar-refractivity contribution is 7.99. The summed E-state index contributed by atoms with van der Waals surface area (Å²) in [4.78, 5) is 9.76. The summed E-state index contributed by atoms with van der Waals surface area (Å²) < 4.78 is 0. The highest BCUT2D eigenvalue weighted by Gasteiger charge is 2.06. The fourth-order valence-corrected chi connectivity index (χ4v) is 3.52. The normalized spacial score (nSPS) is 11.1. The van der Waals surface area contributed by atoms with Gasteiger partial charge in [0.05, 0.1) is 5.39 Å². The number of rotatable bonds is 5. The van der Waals surface area contributed by atoms with Crippen molar-refractivity contribution in [1.82, 2.24) is 9.97 Å². The Balaban J connectivity index is 2.06. The SMILES string of the molecule is CSCCCSc1nc(N)c2ccsc2n1. The maximum absolute atomic E-state index is 5.87. The Morgan fingerprint density at radius 2 is 2.25 bits per heavy atom. The van der Waals surface area contributed by atoms with Gasteiger partial charge in [-0.05, 0) is 29.9 Å². The molecule has 0 amide bonds. The van der Waals surface area contributed by atoms with Crippen LogP contribution in [0, 0.1) is 0 Å². The highest BCUT2D eigenvalue weighted by atomic mass is 32.2. The van der Waals surface area contributed by atoms with Gasteiger partial charge in [0.25, 0.3) is 0 Å². The second kappa shape index (κ2) is 5.75. The van der Waals surface area contributed by atoms with E-state index in [4.69, 9.17) is 5.73 Å². The molecule has 6 heteroatoms. The molecule has 0 aliphatic heterocycles. The average molecular weight is 271 g/mol. The first kappa shape index (κ1) is 12.0. The number of fused-ring (bicyclic) bond motifs is 1. The van der Waals surface area contributed by atoms with Crippen molar-refractivity contribution in [3.05, 3.63) is 11.4 Å². The molecule has 2 aromatic heterocycles. The summed E-state index contributed by atoms with van der Waals surface area (Å²) in [5, 5.41) is 3.77. The maximum Gasteiger partial charge on any atom is 0.190 e. The predicted octanol–water partition coefficient (Wildman–Crippen LogP) is 3.12. The highest BCUT2D eigenvalue weighted by Crippen LogP contribution is 2.26. The molecule has 0 aromatic carbocycles. The lowest BCUT2D eigenvalue weighted by Crippen LogP contribution is -1.95. The molecule has 2 aromatic rings. The van der Waals surface area contributed by atoms with Crippen LogP contribution in [0.1, 0.15) is 6.42 Å². The Kier molecular flexibility index (Phi) is 4.31. The molecule has 0 unspecified atom stereocenters. The number of aromatic nitrogens is 2. The van der Waals surface area contributed by atoms with E-state index in [0.717, 1.165) is 21.1 Å². The molecule has 86 valence electrons. The Labute approximate surface area is 107 Å². The lowest BCUT2D eigenvalue weighted by molar-refractivity contribution is 1.01. The van der Waals surface area contributed by atoms with Gasteiger partial charge in [0.15, 0.2) is 5.16 Å². The Hall–Kier alpha value is -0.460. The summed E-state index contributed by atoms with van der Waals surface area (Å²) in [5.41, 5.74) is 5.87. The van der Waals surface area contributed by atoms with Crippen LogP contribution in [0.25, 0.3) is 10.2 Å². The van der Waals surface area contributed by atoms with Gasteiger partial charge in [-0.2, -0.15) is 11.8 Å². The molecule has 0 bridgehead atoms. The number of hydrogen-bond donors (Lipinski definition) is 1. The van der Waals surface area contributed by atoms with Gasteiger partial charge in [-0.1, -0.05) is 11.8 Å². The fourth-order valence-electron chi connectivity index (χ4n) is 1.29. The van der Waals surface area contributed by atoms with E-state index in [1.165, 1.54) is 12.2 Å². The van der Waals surface area contributed by atoms with Crippen molar-refractivity contribution in [2.45, 2.75) is 11.6 Å². The van der Waals surface area contributed by atoms with E-state index in [0.29, 0.717) is 5.82 Å². The molecule has 0 fully saturated rings. The van der Waals surface area contributed by atoms with Crippen LogP contribution in [-0.2, 0) is 0 Å². The molecule has 0 spiro atoms. The summed E-state index contributed by atoms with van der Waals surface area (Å²) in [6.07, 6.45) is 3.30. The summed E-state index contributed by atoms with van der Waals surface area (Å²) in [7, 11) is 0. The molecular formula is C10H13N3S3. The fraction of sp³-hybridized carbons (Fsp3) is 0.400. The molecule has 0 atom stereocenters. The number of anilines is 1. The van der Waals surface area contributed by atoms with E-state index >= 15 is 0 Å². The zero-order valence-corrected chi connectivity index (χ0v) is 11.4. The third-order valence-corrected chi connectivity index (χ3v) is 4.50. The molecule has 3 nitrogen and oxygen atoms in total. The topological polar surface area (TPSA) is 51.8 Å². The van der Waals surface area contributed by atoms with Gasteiger partial charge in [-0.3, -0.25) is 0 Å². The molecule has 0 radical (unpaired) electrons. The number of thiophene rings is 1. The van der Waals surface area contributed by atoms with E-state index < -0.39 is 0 Å². The molecule has 0 aliphatic carbocycles. The minimum atomic E-state index is 0.596. The second-order valence-corrected chi connectivity index (χ2v) is 6.17. The van der Waals surface area contributed by atoms with E-state index in [2.05, 4.69) is 16.2 Å². The van der Waals surface area contributed by atoms with Crippen LogP contribution in [0.5, 0.6) is 0 Å². The lowest BCUT2D eigenvalue weighted by Gasteiger charge is -2.01. The van der Waals surface area contributed by atoms with E-state index in [1.54, 1.807) is 23.1 Å². The van der Waals surface area contributed by atoms with Crippen molar-refractivity contribution >= 4 is 50.9 Å². The average Bonchev–Trinajstić information content (AvgIpc) is 2.73. The van der Waals surface area contributed by atoms with Gasteiger partial charge in [0, 0.05) is 5.75 Å². The minimum Gasteiger partial charge on any atom is -0.383 e. The van der Waals surface area contributed by atoms with E-state index in [-0.39, 0.29) is 0 Å². The largest absolute Gasteiger partial charge is 0.383 e. The quantitative estimate of drug-likeness (QED) is 0.514. The number of nitrogens with two attached hydrogens (primary N) is 1. The Morgan fingerprint density at radius 1 is 1.38 bits per heavy atom. The van der Waals surface area contributed by atoms with Gasteiger partial charge in [-0.25, -0.2) is 9.97 Å². The molecule has 0 saturated carbocycles. The first-order valence-electron chi connectivity index (χ1n) is 4.93. The summed E-state index contributed by atoms with van der Waals surface area (Å²) in [6.45, 7) is 0. The number of thioether (sulfide) groups is 2. The Bertz CT molecular complexity index is 469. The van der Waals surface area contributed by atoms with Crippen LogP contribution in [0.4, 0.5) is 5.82 Å².